The number of aromatic nitrogens is 2. The molecule has 0 atom stereocenters. The molecular weight excluding hydrogens is 445 g/mol. The average Bonchev–Trinajstić information content (AvgIpc) is 3.29. The maximum atomic E-state index is 12.7. The van der Waals surface area contributed by atoms with E-state index in [9.17, 15) is 4.79 Å². The second kappa shape index (κ2) is 10.3. The van der Waals surface area contributed by atoms with Crippen LogP contribution in [0.4, 0.5) is 16.2 Å². The first-order chi connectivity index (χ1) is 15.6. The van der Waals surface area contributed by atoms with Gasteiger partial charge in [-0.15, -0.1) is 0 Å². The number of carbonyl (C=O) groups excluding carboxylic acids is 1. The van der Waals surface area contributed by atoms with Crippen LogP contribution in [0.1, 0.15) is 19.8 Å². The topological polar surface area (TPSA) is 53.4 Å². The van der Waals surface area contributed by atoms with E-state index >= 15 is 0 Å². The van der Waals surface area contributed by atoms with Crippen LogP contribution in [0.5, 0.6) is 0 Å². The molecule has 1 N–H and O–H groups in total. The second-order valence-corrected chi connectivity index (χ2v) is 8.66. The van der Waals surface area contributed by atoms with Gasteiger partial charge in [-0.1, -0.05) is 54.7 Å². The van der Waals surface area contributed by atoms with Gasteiger partial charge in [0.05, 0.1) is 21.4 Å². The second-order valence-electron chi connectivity index (χ2n) is 7.84. The first-order valence-electron chi connectivity index (χ1n) is 10.9. The van der Waals surface area contributed by atoms with Gasteiger partial charge in [0.1, 0.15) is 0 Å². The number of urea groups is 1. The Morgan fingerprint density at radius 1 is 1.00 bits per heavy atom. The van der Waals surface area contributed by atoms with Crippen LogP contribution < -0.4 is 10.2 Å². The lowest BCUT2D eigenvalue weighted by Crippen LogP contribution is -2.50. The third-order valence-electron chi connectivity index (χ3n) is 5.73. The Labute approximate surface area is 198 Å². The maximum absolute atomic E-state index is 12.7. The van der Waals surface area contributed by atoms with Gasteiger partial charge < -0.3 is 15.1 Å². The minimum absolute atomic E-state index is 0.185. The molecule has 0 unspecified atom stereocenters. The smallest absolute Gasteiger partial charge is 0.322 e. The van der Waals surface area contributed by atoms with E-state index < -0.39 is 0 Å². The standard InChI is InChI=1S/C24H27Cl2N5O/c1-2-3-13-31-22(11-12-27-31)18-7-9-19(10-8-18)29-14-16-30(17-15-29)24(32)28-23-20(25)5-4-6-21(23)26/h4-12H,2-3,13-17H2,1H3,(H,28,32). The van der Waals surface area contributed by atoms with Crippen LogP contribution in [0.15, 0.2) is 54.7 Å². The molecule has 6 nitrogen and oxygen atoms in total. The van der Waals surface area contributed by atoms with Crippen molar-refractivity contribution in [2.24, 2.45) is 0 Å². The van der Waals surface area contributed by atoms with Gasteiger partial charge >= 0.3 is 6.03 Å². The summed E-state index contributed by atoms with van der Waals surface area (Å²) in [6.07, 6.45) is 4.12. The molecule has 32 heavy (non-hydrogen) atoms. The molecule has 0 spiro atoms. The minimum Gasteiger partial charge on any atom is -0.368 e. The van der Waals surface area contributed by atoms with E-state index in [2.05, 4.69) is 57.3 Å². The normalized spacial score (nSPS) is 14.0. The van der Waals surface area contributed by atoms with E-state index in [1.54, 1.807) is 23.1 Å². The number of hydrogen-bond acceptors (Lipinski definition) is 3. The van der Waals surface area contributed by atoms with Crippen molar-refractivity contribution in [2.45, 2.75) is 26.3 Å². The highest BCUT2D eigenvalue weighted by molar-refractivity contribution is 6.39. The lowest BCUT2D eigenvalue weighted by molar-refractivity contribution is 0.208. The monoisotopic (exact) mass is 471 g/mol. The molecule has 1 fully saturated rings. The van der Waals surface area contributed by atoms with Crippen molar-refractivity contribution in [3.63, 3.8) is 0 Å². The largest absolute Gasteiger partial charge is 0.368 e. The van der Waals surface area contributed by atoms with E-state index in [-0.39, 0.29) is 6.03 Å². The summed E-state index contributed by atoms with van der Waals surface area (Å²) in [6.45, 7) is 5.89. The van der Waals surface area contributed by atoms with Crippen molar-refractivity contribution in [1.29, 1.82) is 0 Å². The number of hydrogen-bond donors (Lipinski definition) is 1. The molecule has 0 saturated carbocycles. The number of anilines is 2. The van der Waals surface area contributed by atoms with Crippen LogP contribution in [-0.2, 0) is 6.54 Å². The average molecular weight is 472 g/mol. The Balaban J connectivity index is 1.35. The molecule has 1 aliphatic heterocycles. The highest BCUT2D eigenvalue weighted by Crippen LogP contribution is 2.30. The molecule has 2 heterocycles. The molecule has 168 valence electrons. The highest BCUT2D eigenvalue weighted by atomic mass is 35.5. The van der Waals surface area contributed by atoms with E-state index in [1.807, 2.05) is 6.20 Å². The van der Waals surface area contributed by atoms with E-state index in [4.69, 9.17) is 23.2 Å². The molecule has 2 aromatic carbocycles. The third kappa shape index (κ3) is 5.03. The summed E-state index contributed by atoms with van der Waals surface area (Å²) in [5, 5.41) is 8.16. The van der Waals surface area contributed by atoms with Crippen molar-refractivity contribution in [1.82, 2.24) is 14.7 Å². The van der Waals surface area contributed by atoms with E-state index in [1.165, 1.54) is 0 Å². The van der Waals surface area contributed by atoms with Crippen LogP contribution in [0.2, 0.25) is 10.0 Å². The Kier molecular flexibility index (Phi) is 7.22. The first kappa shape index (κ1) is 22.5. The van der Waals surface area contributed by atoms with E-state index in [0.717, 1.165) is 49.4 Å². The Morgan fingerprint density at radius 3 is 2.34 bits per heavy atom. The zero-order valence-electron chi connectivity index (χ0n) is 18.1. The van der Waals surface area contributed by atoms with Crippen molar-refractivity contribution >= 4 is 40.6 Å². The van der Waals surface area contributed by atoms with E-state index in [0.29, 0.717) is 28.8 Å². The number of amides is 2. The van der Waals surface area contributed by atoms with Gasteiger partial charge in [-0.2, -0.15) is 5.10 Å². The maximum Gasteiger partial charge on any atom is 0.322 e. The summed E-state index contributed by atoms with van der Waals surface area (Å²) in [7, 11) is 0. The Morgan fingerprint density at radius 2 is 1.69 bits per heavy atom. The third-order valence-corrected chi connectivity index (χ3v) is 6.36. The lowest BCUT2D eigenvalue weighted by Gasteiger charge is -2.36. The highest BCUT2D eigenvalue weighted by Gasteiger charge is 2.22. The minimum atomic E-state index is -0.185. The van der Waals surface area contributed by atoms with Gasteiger partial charge in [-0.3, -0.25) is 4.68 Å². The Hall–Kier alpha value is -2.70. The van der Waals surface area contributed by atoms with Gasteiger partial charge in [-0.25, -0.2) is 4.79 Å². The van der Waals surface area contributed by atoms with Gasteiger partial charge in [0.25, 0.3) is 0 Å². The number of carbonyl (C=O) groups is 1. The van der Waals surface area contributed by atoms with Crippen LogP contribution in [0, 0.1) is 0 Å². The quantitative estimate of drug-likeness (QED) is 0.478. The van der Waals surface area contributed by atoms with Crippen LogP contribution in [0.3, 0.4) is 0 Å². The summed E-state index contributed by atoms with van der Waals surface area (Å²) >= 11 is 12.3. The van der Waals surface area contributed by atoms with Crippen LogP contribution >= 0.6 is 23.2 Å². The number of nitrogens with one attached hydrogen (secondary N) is 1. The SMILES string of the molecule is CCCCn1nccc1-c1ccc(N2CCN(C(=O)Nc3c(Cl)cccc3Cl)CC2)cc1. The fourth-order valence-corrected chi connectivity index (χ4v) is 4.37. The fraction of sp³-hybridized carbons (Fsp3) is 0.333. The van der Waals surface area contributed by atoms with Gasteiger partial charge in [0, 0.05) is 44.6 Å². The number of aryl methyl sites for hydroxylation is 1. The molecule has 0 aliphatic carbocycles. The molecule has 2 amide bonds. The molecule has 4 rings (SSSR count). The first-order valence-corrected chi connectivity index (χ1v) is 11.7. The van der Waals surface area contributed by atoms with Crippen molar-refractivity contribution in [3.05, 3.63) is 64.8 Å². The molecule has 3 aromatic rings. The summed E-state index contributed by atoms with van der Waals surface area (Å²) in [5.74, 6) is 0. The Bertz CT molecular complexity index is 1040. The number of para-hydroxylation sites is 1. The lowest BCUT2D eigenvalue weighted by atomic mass is 10.1. The van der Waals surface area contributed by atoms with Crippen molar-refractivity contribution < 1.29 is 4.79 Å². The molecular formula is C24H27Cl2N5O. The number of halogens is 2. The van der Waals surface area contributed by atoms with Gasteiger partial charge in [-0.05, 0) is 42.3 Å². The molecule has 1 aliphatic rings. The molecule has 8 heteroatoms. The number of rotatable bonds is 6. The zero-order chi connectivity index (χ0) is 22.5. The summed E-state index contributed by atoms with van der Waals surface area (Å²) in [6, 6.07) is 15.6. The summed E-state index contributed by atoms with van der Waals surface area (Å²) in [4.78, 5) is 16.8. The zero-order valence-corrected chi connectivity index (χ0v) is 19.6. The number of unbranched alkanes of at least 4 members (excludes halogenated alkanes) is 1. The predicted octanol–water partition coefficient (Wildman–Crippen LogP) is 6.01. The number of benzene rings is 2. The van der Waals surface area contributed by atoms with Gasteiger partial charge in [0.2, 0.25) is 0 Å². The predicted molar refractivity (Wildman–Crippen MR) is 132 cm³/mol. The summed E-state index contributed by atoms with van der Waals surface area (Å²) < 4.78 is 2.07. The van der Waals surface area contributed by atoms with Crippen LogP contribution in [-0.4, -0.2) is 46.9 Å². The molecule has 0 radical (unpaired) electrons. The number of nitrogens with zero attached hydrogens (tertiary/aromatic N) is 4. The molecule has 0 bridgehead atoms. The molecule has 1 saturated heterocycles. The van der Waals surface area contributed by atoms with Crippen molar-refractivity contribution in [2.75, 3.05) is 36.4 Å². The van der Waals surface area contributed by atoms with Gasteiger partial charge in [0.15, 0.2) is 0 Å². The van der Waals surface area contributed by atoms with Crippen molar-refractivity contribution in [3.8, 4) is 11.3 Å². The van der Waals surface area contributed by atoms with Crippen LogP contribution in [0.25, 0.3) is 11.3 Å². The summed E-state index contributed by atoms with van der Waals surface area (Å²) in [5.41, 5.74) is 3.92. The number of piperazine rings is 1. The fourth-order valence-electron chi connectivity index (χ4n) is 3.88. The molecule has 1 aromatic heterocycles.